The van der Waals surface area contributed by atoms with Crippen LogP contribution in [-0.4, -0.2) is 0 Å². The highest BCUT2D eigenvalue weighted by atomic mass is 14.1. The van der Waals surface area contributed by atoms with E-state index in [0.29, 0.717) is 0 Å². The van der Waals surface area contributed by atoms with Gasteiger partial charge in [-0.3, -0.25) is 0 Å². The summed E-state index contributed by atoms with van der Waals surface area (Å²) in [6.07, 6.45) is 5.55. The molecule has 0 aliphatic heterocycles. The smallest absolute Gasteiger partial charge is 0.00879 e. The van der Waals surface area contributed by atoms with Crippen LogP contribution in [0.15, 0.2) is 54.6 Å². The Morgan fingerprint density at radius 3 is 2.65 bits per heavy atom. The summed E-state index contributed by atoms with van der Waals surface area (Å²) in [7, 11) is 0. The first kappa shape index (κ1) is 9.00. The molecule has 0 amide bonds. The van der Waals surface area contributed by atoms with E-state index in [4.69, 9.17) is 0 Å². The summed E-state index contributed by atoms with van der Waals surface area (Å²) in [4.78, 5) is 0. The van der Waals surface area contributed by atoms with Crippen molar-refractivity contribution in [2.45, 2.75) is 6.42 Å². The van der Waals surface area contributed by atoms with E-state index in [0.717, 1.165) is 6.42 Å². The maximum absolute atomic E-state index is 2.35. The number of benzene rings is 3. The van der Waals surface area contributed by atoms with Gasteiger partial charge in [0.2, 0.25) is 0 Å². The van der Waals surface area contributed by atoms with Crippen LogP contribution in [0.5, 0.6) is 0 Å². The number of rotatable bonds is 0. The Kier molecular flexibility index (Phi) is 1.70. The zero-order valence-corrected chi connectivity index (χ0v) is 9.48. The summed E-state index contributed by atoms with van der Waals surface area (Å²) in [5, 5.41) is 5.41. The first-order valence-corrected chi connectivity index (χ1v) is 6.03. The van der Waals surface area contributed by atoms with E-state index in [-0.39, 0.29) is 0 Å². The molecule has 0 N–H and O–H groups in total. The molecular weight excluding hydrogens is 204 g/mol. The fourth-order valence-electron chi connectivity index (χ4n) is 2.76. The minimum Gasteiger partial charge on any atom is -0.0795 e. The summed E-state index contributed by atoms with van der Waals surface area (Å²) < 4.78 is 0. The largest absolute Gasteiger partial charge is 0.0795 e. The minimum atomic E-state index is 1.08. The topological polar surface area (TPSA) is 0 Å². The lowest BCUT2D eigenvalue weighted by Crippen LogP contribution is -1.84. The van der Waals surface area contributed by atoms with Crippen LogP contribution < -0.4 is 0 Å². The van der Waals surface area contributed by atoms with Crippen LogP contribution in [0.3, 0.4) is 0 Å². The Labute approximate surface area is 100 Å². The summed E-state index contributed by atoms with van der Waals surface area (Å²) >= 11 is 0. The highest BCUT2D eigenvalue weighted by molar-refractivity contribution is 6.08. The van der Waals surface area contributed by atoms with E-state index < -0.39 is 0 Å². The van der Waals surface area contributed by atoms with Gasteiger partial charge in [-0.05, 0) is 51.2 Å². The van der Waals surface area contributed by atoms with E-state index >= 15 is 0 Å². The molecular formula is C17H12. The number of hydrogen-bond acceptors (Lipinski definition) is 0. The average molecular weight is 216 g/mol. The predicted octanol–water partition coefficient (Wildman–Crippen LogP) is 4.56. The van der Waals surface area contributed by atoms with E-state index in [1.807, 2.05) is 0 Å². The third-order valence-corrected chi connectivity index (χ3v) is 3.64. The number of allylic oxidation sites excluding steroid dienone is 1. The van der Waals surface area contributed by atoms with Crippen molar-refractivity contribution < 1.29 is 0 Å². The Morgan fingerprint density at radius 1 is 0.765 bits per heavy atom. The van der Waals surface area contributed by atoms with Gasteiger partial charge >= 0.3 is 0 Å². The molecule has 0 heterocycles. The molecule has 0 fully saturated rings. The molecule has 0 radical (unpaired) electrons. The van der Waals surface area contributed by atoms with Gasteiger partial charge in [-0.2, -0.15) is 0 Å². The quantitative estimate of drug-likeness (QED) is 0.483. The number of hydrogen-bond donors (Lipinski definition) is 0. The molecule has 0 unspecified atom stereocenters. The molecule has 3 aromatic carbocycles. The van der Waals surface area contributed by atoms with Gasteiger partial charge in [0.15, 0.2) is 0 Å². The van der Waals surface area contributed by atoms with Gasteiger partial charge in [0.25, 0.3) is 0 Å². The second-order valence-electron chi connectivity index (χ2n) is 4.67. The van der Waals surface area contributed by atoms with E-state index in [1.165, 1.54) is 32.7 Å². The third kappa shape index (κ3) is 1.24. The molecule has 0 bridgehead atoms. The highest BCUT2D eigenvalue weighted by Crippen LogP contribution is 2.30. The SMILES string of the molecule is C1=Cc2cc3ccc4ccccc4c3cc2C1. The lowest BCUT2D eigenvalue weighted by molar-refractivity contribution is 1.33. The monoisotopic (exact) mass is 216 g/mol. The maximum Gasteiger partial charge on any atom is -0.00879 e. The second kappa shape index (κ2) is 3.21. The van der Waals surface area contributed by atoms with Crippen LogP contribution in [0.25, 0.3) is 27.6 Å². The summed E-state index contributed by atoms with van der Waals surface area (Å²) in [5.41, 5.74) is 2.83. The first-order chi connectivity index (χ1) is 8.42. The molecule has 0 heteroatoms. The van der Waals surface area contributed by atoms with Crippen molar-refractivity contribution in [3.8, 4) is 0 Å². The van der Waals surface area contributed by atoms with Gasteiger partial charge in [0, 0.05) is 0 Å². The van der Waals surface area contributed by atoms with Crippen LogP contribution in [0.2, 0.25) is 0 Å². The molecule has 0 aromatic heterocycles. The molecule has 1 aliphatic rings. The average Bonchev–Trinajstić information content (AvgIpc) is 2.83. The van der Waals surface area contributed by atoms with Gasteiger partial charge in [-0.15, -0.1) is 0 Å². The van der Waals surface area contributed by atoms with Crippen molar-refractivity contribution in [2.75, 3.05) is 0 Å². The highest BCUT2D eigenvalue weighted by Gasteiger charge is 2.08. The number of fused-ring (bicyclic) bond motifs is 4. The zero-order valence-electron chi connectivity index (χ0n) is 9.48. The Hall–Kier alpha value is -2.08. The van der Waals surface area contributed by atoms with Crippen LogP contribution >= 0.6 is 0 Å². The van der Waals surface area contributed by atoms with Gasteiger partial charge in [-0.1, -0.05) is 48.6 Å². The summed E-state index contributed by atoms with van der Waals surface area (Å²) in [5.74, 6) is 0. The fraction of sp³-hybridized carbons (Fsp3) is 0.0588. The lowest BCUT2D eigenvalue weighted by Gasteiger charge is -2.07. The molecule has 1 aliphatic carbocycles. The molecule has 0 atom stereocenters. The molecule has 0 spiro atoms. The molecule has 0 saturated carbocycles. The lowest BCUT2D eigenvalue weighted by atomic mass is 9.97. The van der Waals surface area contributed by atoms with Gasteiger partial charge in [0.05, 0.1) is 0 Å². The van der Waals surface area contributed by atoms with Crippen LogP contribution in [0.4, 0.5) is 0 Å². The Morgan fingerprint density at radius 2 is 1.65 bits per heavy atom. The fourth-order valence-corrected chi connectivity index (χ4v) is 2.76. The maximum atomic E-state index is 2.35. The normalized spacial score (nSPS) is 13.4. The first-order valence-electron chi connectivity index (χ1n) is 6.03. The van der Waals surface area contributed by atoms with E-state index in [1.54, 1.807) is 0 Å². The molecule has 0 saturated heterocycles. The van der Waals surface area contributed by atoms with Crippen molar-refractivity contribution >= 4 is 27.6 Å². The van der Waals surface area contributed by atoms with Crippen LogP contribution in [-0.2, 0) is 6.42 Å². The molecule has 80 valence electrons. The van der Waals surface area contributed by atoms with Crippen LogP contribution in [0.1, 0.15) is 11.1 Å². The zero-order chi connectivity index (χ0) is 11.2. The molecule has 4 rings (SSSR count). The van der Waals surface area contributed by atoms with E-state index in [2.05, 4.69) is 60.7 Å². The summed E-state index contributed by atoms with van der Waals surface area (Å²) in [6, 6.07) is 17.7. The standard InChI is InChI=1S/C17H12/c1-2-7-16-12(4-1)8-9-15-10-13-5-3-6-14(13)11-17(15)16/h1-5,7-11H,6H2. The van der Waals surface area contributed by atoms with E-state index in [9.17, 15) is 0 Å². The van der Waals surface area contributed by atoms with Gasteiger partial charge in [0.1, 0.15) is 0 Å². The predicted molar refractivity (Wildman–Crippen MR) is 74.2 cm³/mol. The van der Waals surface area contributed by atoms with Gasteiger partial charge in [-0.25, -0.2) is 0 Å². The molecule has 3 aromatic rings. The van der Waals surface area contributed by atoms with Crippen LogP contribution in [0, 0.1) is 0 Å². The van der Waals surface area contributed by atoms with Crippen molar-refractivity contribution in [1.29, 1.82) is 0 Å². The van der Waals surface area contributed by atoms with Gasteiger partial charge < -0.3 is 0 Å². The summed E-state index contributed by atoms with van der Waals surface area (Å²) in [6.45, 7) is 0. The van der Waals surface area contributed by atoms with Crippen molar-refractivity contribution in [3.05, 3.63) is 65.7 Å². The molecule has 17 heavy (non-hydrogen) atoms. The Balaban J connectivity index is 2.20. The van der Waals surface area contributed by atoms with Crippen molar-refractivity contribution in [3.63, 3.8) is 0 Å². The molecule has 0 nitrogen and oxygen atoms in total. The third-order valence-electron chi connectivity index (χ3n) is 3.64. The van der Waals surface area contributed by atoms with Crippen molar-refractivity contribution in [2.24, 2.45) is 0 Å². The Bertz CT molecular complexity index is 763. The van der Waals surface area contributed by atoms with Crippen molar-refractivity contribution in [1.82, 2.24) is 0 Å². The minimum absolute atomic E-state index is 1.08. The second-order valence-corrected chi connectivity index (χ2v) is 4.67.